The summed E-state index contributed by atoms with van der Waals surface area (Å²) < 4.78 is 5.24. The smallest absolute Gasteiger partial charge is 0.272 e. The quantitative estimate of drug-likeness (QED) is 0.816. The van der Waals surface area contributed by atoms with Gasteiger partial charge in [0.2, 0.25) is 0 Å². The van der Waals surface area contributed by atoms with Crippen molar-refractivity contribution in [3.8, 4) is 5.75 Å². The minimum atomic E-state index is 0.0653. The van der Waals surface area contributed by atoms with E-state index in [0.717, 1.165) is 63.5 Å². The molecule has 6 heteroatoms. The van der Waals surface area contributed by atoms with Gasteiger partial charge in [-0.1, -0.05) is 0 Å². The van der Waals surface area contributed by atoms with Crippen LogP contribution in [0.5, 0.6) is 5.75 Å². The number of ether oxygens (including phenoxy) is 1. The van der Waals surface area contributed by atoms with Gasteiger partial charge in [0.25, 0.3) is 5.91 Å². The van der Waals surface area contributed by atoms with E-state index in [4.69, 9.17) is 4.74 Å². The van der Waals surface area contributed by atoms with E-state index in [-0.39, 0.29) is 5.91 Å². The highest BCUT2D eigenvalue weighted by atomic mass is 16.5. The number of piperazine rings is 1. The molecule has 1 aromatic heterocycles. The average molecular weight is 380 g/mol. The fraction of sp³-hybridized carbons (Fsp3) is 0.455. The van der Waals surface area contributed by atoms with E-state index in [1.54, 1.807) is 7.11 Å². The first-order valence-electron chi connectivity index (χ1n) is 10.1. The minimum Gasteiger partial charge on any atom is -0.497 e. The van der Waals surface area contributed by atoms with Crippen LogP contribution in [0.2, 0.25) is 0 Å². The molecule has 148 valence electrons. The molecule has 0 unspecified atom stereocenters. The predicted octanol–water partition coefficient (Wildman–Crippen LogP) is 3.04. The number of rotatable bonds is 4. The molecule has 2 fully saturated rings. The van der Waals surface area contributed by atoms with Gasteiger partial charge in [0.05, 0.1) is 19.0 Å². The van der Waals surface area contributed by atoms with E-state index in [2.05, 4.69) is 26.9 Å². The van der Waals surface area contributed by atoms with Gasteiger partial charge < -0.3 is 19.4 Å². The highest BCUT2D eigenvalue weighted by Gasteiger charge is 2.21. The van der Waals surface area contributed by atoms with Crippen molar-refractivity contribution >= 4 is 17.3 Å². The van der Waals surface area contributed by atoms with Crippen molar-refractivity contribution in [2.45, 2.75) is 19.3 Å². The molecular weight excluding hydrogens is 352 g/mol. The Morgan fingerprint density at radius 2 is 1.43 bits per heavy atom. The van der Waals surface area contributed by atoms with E-state index in [1.807, 2.05) is 35.4 Å². The number of aromatic nitrogens is 1. The Bertz CT molecular complexity index is 777. The number of nitrogens with zero attached hydrogens (tertiary/aromatic N) is 4. The largest absolute Gasteiger partial charge is 0.497 e. The zero-order chi connectivity index (χ0) is 19.3. The van der Waals surface area contributed by atoms with Gasteiger partial charge in [-0.25, -0.2) is 4.98 Å². The molecule has 0 spiro atoms. The average Bonchev–Trinajstić information content (AvgIpc) is 2.79. The third kappa shape index (κ3) is 4.06. The van der Waals surface area contributed by atoms with Crippen LogP contribution < -0.4 is 14.5 Å². The summed E-state index contributed by atoms with van der Waals surface area (Å²) in [4.78, 5) is 23.7. The van der Waals surface area contributed by atoms with Gasteiger partial charge in [-0.2, -0.15) is 0 Å². The number of hydrogen-bond acceptors (Lipinski definition) is 5. The number of piperidine rings is 1. The van der Waals surface area contributed by atoms with Crippen molar-refractivity contribution in [1.82, 2.24) is 9.88 Å². The monoisotopic (exact) mass is 380 g/mol. The zero-order valence-electron chi connectivity index (χ0n) is 16.5. The van der Waals surface area contributed by atoms with Gasteiger partial charge in [0.1, 0.15) is 11.4 Å². The van der Waals surface area contributed by atoms with Crippen LogP contribution in [-0.2, 0) is 0 Å². The van der Waals surface area contributed by atoms with E-state index in [0.29, 0.717) is 5.69 Å². The van der Waals surface area contributed by atoms with Crippen molar-refractivity contribution in [3.63, 3.8) is 0 Å². The summed E-state index contributed by atoms with van der Waals surface area (Å²) in [6.45, 7) is 5.51. The summed E-state index contributed by atoms with van der Waals surface area (Å²) in [5.74, 6) is 0.947. The number of pyridine rings is 1. The highest BCUT2D eigenvalue weighted by molar-refractivity contribution is 5.92. The van der Waals surface area contributed by atoms with Gasteiger partial charge >= 0.3 is 0 Å². The Labute approximate surface area is 166 Å². The minimum absolute atomic E-state index is 0.0653. The number of likely N-dealkylation sites (tertiary alicyclic amines) is 1. The van der Waals surface area contributed by atoms with Gasteiger partial charge in [0, 0.05) is 45.0 Å². The molecule has 3 heterocycles. The highest BCUT2D eigenvalue weighted by Crippen LogP contribution is 2.23. The molecule has 0 radical (unpaired) electrons. The van der Waals surface area contributed by atoms with Crippen LogP contribution >= 0.6 is 0 Å². The molecule has 6 nitrogen and oxygen atoms in total. The fourth-order valence-electron chi connectivity index (χ4n) is 3.97. The van der Waals surface area contributed by atoms with Crippen LogP contribution in [0.1, 0.15) is 29.8 Å². The third-order valence-corrected chi connectivity index (χ3v) is 5.69. The molecule has 2 aromatic rings. The Balaban J connectivity index is 1.34. The van der Waals surface area contributed by atoms with E-state index in [9.17, 15) is 4.79 Å². The lowest BCUT2D eigenvalue weighted by Crippen LogP contribution is -2.46. The lowest BCUT2D eigenvalue weighted by Gasteiger charge is -2.37. The Morgan fingerprint density at radius 1 is 0.821 bits per heavy atom. The first-order valence-corrected chi connectivity index (χ1v) is 10.1. The van der Waals surface area contributed by atoms with Crippen molar-refractivity contribution < 1.29 is 9.53 Å². The molecular formula is C22H28N4O2. The summed E-state index contributed by atoms with van der Waals surface area (Å²) in [5, 5.41) is 0. The zero-order valence-corrected chi connectivity index (χ0v) is 16.5. The summed E-state index contributed by atoms with van der Waals surface area (Å²) in [7, 11) is 1.69. The number of carbonyl (C=O) groups excluding carboxylic acids is 1. The maximum atomic E-state index is 12.6. The van der Waals surface area contributed by atoms with E-state index < -0.39 is 0 Å². The third-order valence-electron chi connectivity index (χ3n) is 5.69. The van der Waals surface area contributed by atoms with Crippen LogP contribution in [0, 0.1) is 0 Å². The van der Waals surface area contributed by atoms with Gasteiger partial charge in [-0.3, -0.25) is 4.79 Å². The number of amides is 1. The second kappa shape index (κ2) is 8.50. The molecule has 28 heavy (non-hydrogen) atoms. The summed E-state index contributed by atoms with van der Waals surface area (Å²) in [6.07, 6.45) is 5.27. The second-order valence-electron chi connectivity index (χ2n) is 7.43. The molecule has 2 saturated heterocycles. The van der Waals surface area contributed by atoms with Crippen molar-refractivity contribution in [1.29, 1.82) is 0 Å². The SMILES string of the molecule is COc1ccc(N2CCN(c3ccc(C(=O)N4CCCCC4)nc3)CC2)cc1. The topological polar surface area (TPSA) is 48.9 Å². The second-order valence-corrected chi connectivity index (χ2v) is 7.43. The summed E-state index contributed by atoms with van der Waals surface area (Å²) >= 11 is 0. The molecule has 1 aromatic carbocycles. The fourth-order valence-corrected chi connectivity index (χ4v) is 3.97. The molecule has 0 N–H and O–H groups in total. The lowest BCUT2D eigenvalue weighted by atomic mass is 10.1. The summed E-state index contributed by atoms with van der Waals surface area (Å²) in [5.41, 5.74) is 2.87. The van der Waals surface area contributed by atoms with Gasteiger partial charge in [0.15, 0.2) is 0 Å². The maximum Gasteiger partial charge on any atom is 0.272 e. The first-order chi connectivity index (χ1) is 13.7. The summed E-state index contributed by atoms with van der Waals surface area (Å²) in [6, 6.07) is 12.1. The van der Waals surface area contributed by atoms with Gasteiger partial charge in [-0.15, -0.1) is 0 Å². The van der Waals surface area contributed by atoms with E-state index in [1.165, 1.54) is 12.1 Å². The Kier molecular flexibility index (Phi) is 5.65. The van der Waals surface area contributed by atoms with Crippen LogP contribution in [0.4, 0.5) is 11.4 Å². The van der Waals surface area contributed by atoms with Crippen molar-refractivity contribution in [2.24, 2.45) is 0 Å². The molecule has 1 amide bonds. The number of benzene rings is 1. The van der Waals surface area contributed by atoms with Crippen molar-refractivity contribution in [2.75, 3.05) is 56.2 Å². The van der Waals surface area contributed by atoms with Crippen LogP contribution in [0.3, 0.4) is 0 Å². The number of carbonyl (C=O) groups is 1. The standard InChI is InChI=1S/C22H28N4O2/c1-28-20-8-5-18(6-9-20)24-13-15-25(16-14-24)19-7-10-21(23-17-19)22(27)26-11-3-2-4-12-26/h5-10,17H,2-4,11-16H2,1H3. The maximum absolute atomic E-state index is 12.6. The molecule has 4 rings (SSSR count). The van der Waals surface area contributed by atoms with Crippen LogP contribution in [0.15, 0.2) is 42.6 Å². The molecule has 2 aliphatic heterocycles. The number of anilines is 2. The van der Waals surface area contributed by atoms with Gasteiger partial charge in [-0.05, 0) is 55.7 Å². The molecule has 0 aliphatic carbocycles. The molecule has 0 saturated carbocycles. The van der Waals surface area contributed by atoms with Crippen LogP contribution in [-0.4, -0.2) is 62.2 Å². The normalized spacial score (nSPS) is 17.5. The molecule has 0 bridgehead atoms. The first kappa shape index (κ1) is 18.6. The molecule has 2 aliphatic rings. The predicted molar refractivity (Wildman–Crippen MR) is 111 cm³/mol. The lowest BCUT2D eigenvalue weighted by molar-refractivity contribution is 0.0718. The van der Waals surface area contributed by atoms with E-state index >= 15 is 0 Å². The number of methoxy groups -OCH3 is 1. The van der Waals surface area contributed by atoms with Crippen LogP contribution in [0.25, 0.3) is 0 Å². The Morgan fingerprint density at radius 3 is 2.00 bits per heavy atom. The van der Waals surface area contributed by atoms with Crippen molar-refractivity contribution in [3.05, 3.63) is 48.3 Å². The number of hydrogen-bond donors (Lipinski definition) is 0. The molecule has 0 atom stereocenters. The Hall–Kier alpha value is -2.76.